The Morgan fingerprint density at radius 1 is 0.743 bits per heavy atom. The molecular formula is C52H79N11O11. The first-order valence-electron chi connectivity index (χ1n) is 25.6. The Bertz CT molecular complexity index is 2300. The number of nitrogens with zero attached hydrogens (tertiary/aromatic N) is 3. The number of hydrogen-bond donors (Lipinski definition) is 10. The van der Waals surface area contributed by atoms with Crippen molar-refractivity contribution in [3.05, 3.63) is 72.3 Å². The fourth-order valence-electron chi connectivity index (χ4n) is 8.75. The van der Waals surface area contributed by atoms with Crippen LogP contribution in [0.1, 0.15) is 118 Å². The largest absolute Gasteiger partial charge is 0.480 e. The zero-order valence-electron chi connectivity index (χ0n) is 44.4. The summed E-state index contributed by atoms with van der Waals surface area (Å²) in [5.74, 6) is -6.52. The molecule has 0 saturated carbocycles. The van der Waals surface area contributed by atoms with E-state index in [1.807, 2.05) is 20.8 Å². The van der Waals surface area contributed by atoms with E-state index in [-0.39, 0.29) is 50.5 Å². The van der Waals surface area contributed by atoms with Gasteiger partial charge in [-0.3, -0.25) is 28.8 Å². The normalized spacial score (nSPS) is 17.4. The summed E-state index contributed by atoms with van der Waals surface area (Å²) in [4.78, 5) is 124. The molecule has 10 atom stereocenters. The second-order valence-corrected chi connectivity index (χ2v) is 21.1. The highest BCUT2D eigenvalue weighted by atomic mass is 16.6. The highest BCUT2D eigenvalue weighted by molar-refractivity contribution is 5.96. The fourth-order valence-corrected chi connectivity index (χ4v) is 8.75. The zero-order valence-corrected chi connectivity index (χ0v) is 44.4. The Kier molecular flexibility index (Phi) is 22.6. The second kappa shape index (κ2) is 28.0. The van der Waals surface area contributed by atoms with Gasteiger partial charge in [0.05, 0.1) is 24.8 Å². The molecule has 1 fully saturated rings. The van der Waals surface area contributed by atoms with Gasteiger partial charge in [-0.1, -0.05) is 78.3 Å². The Hall–Kier alpha value is -6.84. The number of aliphatic hydroxyl groups is 1. The average Bonchev–Trinajstić information content (AvgIpc) is 4.15. The van der Waals surface area contributed by atoms with Crippen LogP contribution in [-0.2, 0) is 57.6 Å². The number of H-pyrrole nitrogens is 2. The number of imidazole rings is 2. The Labute approximate surface area is 433 Å². The maximum atomic E-state index is 14.2. The Morgan fingerprint density at radius 3 is 1.91 bits per heavy atom. The van der Waals surface area contributed by atoms with Crippen LogP contribution in [0.4, 0.5) is 4.79 Å². The smallest absolute Gasteiger partial charge is 0.408 e. The van der Waals surface area contributed by atoms with E-state index >= 15 is 0 Å². The number of aliphatic hydroxyl groups excluding tert-OH is 1. The quantitative estimate of drug-likeness (QED) is 0.0526. The molecule has 74 heavy (non-hydrogen) atoms. The van der Waals surface area contributed by atoms with Crippen molar-refractivity contribution in [3.63, 3.8) is 0 Å². The standard InChI is InChI=1S/C52H79N11O11/c1-11-31(6)43(48(69)60-40(50(71)72)23-35-26-54-28-56-35)62-45(66)36(30(4)5)24-42(64)37(20-29(2)3)58-44(65)32(7)57-46(67)38(21-33-16-13-12-14-17-33)59-47(68)41-18-15-19-63(41)49(70)39(22-34-25-53-27-55-34)61-51(73)74-52(8,9)10/h12-14,16-17,25-32,36-43,64H,11,15,18-24H2,1-10H3,(H,53,55)(H,54,56)(H,57,67)(H,58,65)(H,59,68)(H,60,69)(H,61,73)(H,62,66)(H,71,72)/t31-,32-,36+,37-,38-,39-,40-,41-,42-,43-/m0/s1. The molecule has 3 heterocycles. The van der Waals surface area contributed by atoms with Gasteiger partial charge in [0.15, 0.2) is 0 Å². The van der Waals surface area contributed by atoms with E-state index in [0.29, 0.717) is 36.2 Å². The predicted molar refractivity (Wildman–Crippen MR) is 273 cm³/mol. The van der Waals surface area contributed by atoms with Gasteiger partial charge in [0.25, 0.3) is 0 Å². The Morgan fingerprint density at radius 2 is 1.36 bits per heavy atom. The molecule has 3 aromatic rings. The molecule has 0 spiro atoms. The number of carbonyl (C=O) groups is 8. The lowest BCUT2D eigenvalue weighted by Crippen LogP contribution is -2.59. The summed E-state index contributed by atoms with van der Waals surface area (Å²) in [6.07, 6.45) is 5.20. The van der Waals surface area contributed by atoms with Crippen LogP contribution in [0.25, 0.3) is 0 Å². The number of aromatic nitrogens is 4. The number of nitrogens with one attached hydrogen (secondary N) is 8. The van der Waals surface area contributed by atoms with Crippen LogP contribution in [0.3, 0.4) is 0 Å². The number of benzene rings is 1. The number of aromatic amines is 2. The van der Waals surface area contributed by atoms with Gasteiger partial charge in [-0.2, -0.15) is 0 Å². The van der Waals surface area contributed by atoms with Crippen molar-refractivity contribution >= 4 is 47.5 Å². The molecule has 4 rings (SSSR count). The molecule has 7 amide bonds. The summed E-state index contributed by atoms with van der Waals surface area (Å²) in [7, 11) is 0. The summed E-state index contributed by atoms with van der Waals surface area (Å²) in [5.41, 5.74) is 0.931. The van der Waals surface area contributed by atoms with E-state index in [2.05, 4.69) is 51.8 Å². The van der Waals surface area contributed by atoms with Crippen LogP contribution >= 0.6 is 0 Å². The summed E-state index contributed by atoms with van der Waals surface area (Å²) in [6.45, 7) is 17.8. The van der Waals surface area contributed by atoms with Gasteiger partial charge >= 0.3 is 12.1 Å². The number of carboxylic acid groups (broad SMARTS) is 1. The fraction of sp³-hybridized carbons (Fsp3) is 0.615. The van der Waals surface area contributed by atoms with Gasteiger partial charge in [-0.15, -0.1) is 0 Å². The molecule has 0 radical (unpaired) electrons. The molecule has 1 aliphatic heterocycles. The van der Waals surface area contributed by atoms with Gasteiger partial charge in [0.2, 0.25) is 35.4 Å². The van der Waals surface area contributed by atoms with Crippen molar-refractivity contribution < 1.29 is 53.3 Å². The highest BCUT2D eigenvalue weighted by Gasteiger charge is 2.41. The molecule has 0 aliphatic carbocycles. The van der Waals surface area contributed by atoms with Crippen LogP contribution in [0, 0.1) is 23.7 Å². The predicted octanol–water partition coefficient (Wildman–Crippen LogP) is 2.69. The summed E-state index contributed by atoms with van der Waals surface area (Å²) >= 11 is 0. The number of rotatable bonds is 27. The first kappa shape index (κ1) is 59.7. The van der Waals surface area contributed by atoms with E-state index in [9.17, 15) is 48.6 Å². The molecule has 2 aromatic heterocycles. The van der Waals surface area contributed by atoms with Gasteiger partial charge in [0, 0.05) is 55.5 Å². The zero-order chi connectivity index (χ0) is 54.9. The second-order valence-electron chi connectivity index (χ2n) is 21.1. The lowest BCUT2D eigenvalue weighted by Gasteiger charge is -2.32. The molecule has 408 valence electrons. The van der Waals surface area contributed by atoms with Crippen molar-refractivity contribution in [2.75, 3.05) is 6.54 Å². The number of aliphatic carboxylic acids is 1. The van der Waals surface area contributed by atoms with Crippen molar-refractivity contribution in [1.29, 1.82) is 0 Å². The van der Waals surface area contributed by atoms with Gasteiger partial charge in [-0.05, 0) is 76.7 Å². The molecule has 1 aromatic carbocycles. The van der Waals surface area contributed by atoms with Crippen molar-refractivity contribution in [1.82, 2.24) is 56.7 Å². The third-order valence-electron chi connectivity index (χ3n) is 13.0. The molecule has 22 nitrogen and oxygen atoms in total. The van der Waals surface area contributed by atoms with Crippen LogP contribution in [0.5, 0.6) is 0 Å². The lowest BCUT2D eigenvalue weighted by molar-refractivity contribution is -0.142. The minimum Gasteiger partial charge on any atom is -0.480 e. The SMILES string of the molecule is CC[C@H](C)[C@H](NC(=O)[C@H](C[C@H](O)[C@H](CC(C)C)NC(=O)[C@H](C)NC(=O)[C@H](Cc1ccccc1)NC(=O)[C@@H]1CCCN1C(=O)[C@H](Cc1cnc[nH]1)NC(=O)OC(C)(C)C)C(C)C)C(=O)N[C@@H](Cc1cnc[nH]1)C(=O)O. The van der Waals surface area contributed by atoms with Gasteiger partial charge in [-0.25, -0.2) is 19.6 Å². The highest BCUT2D eigenvalue weighted by Crippen LogP contribution is 2.24. The molecule has 0 bridgehead atoms. The number of amides is 7. The first-order valence-corrected chi connectivity index (χ1v) is 25.6. The third-order valence-corrected chi connectivity index (χ3v) is 13.0. The van der Waals surface area contributed by atoms with Crippen molar-refractivity contribution in [2.45, 2.75) is 175 Å². The van der Waals surface area contributed by atoms with Crippen molar-refractivity contribution in [2.24, 2.45) is 23.7 Å². The van der Waals surface area contributed by atoms with E-state index in [4.69, 9.17) is 4.74 Å². The summed E-state index contributed by atoms with van der Waals surface area (Å²) in [6, 6.07) is 1.19. The van der Waals surface area contributed by atoms with E-state index < -0.39 is 113 Å². The number of hydrogen-bond acceptors (Lipinski definition) is 12. The van der Waals surface area contributed by atoms with Gasteiger partial charge in [0.1, 0.15) is 41.9 Å². The molecular weight excluding hydrogens is 955 g/mol. The molecule has 10 N–H and O–H groups in total. The van der Waals surface area contributed by atoms with Crippen LogP contribution < -0.4 is 31.9 Å². The Balaban J connectivity index is 1.47. The number of carbonyl (C=O) groups excluding carboxylic acids is 7. The number of likely N-dealkylation sites (tertiary alicyclic amines) is 1. The maximum absolute atomic E-state index is 14.2. The molecule has 1 aliphatic rings. The number of carboxylic acids is 1. The summed E-state index contributed by atoms with van der Waals surface area (Å²) in [5, 5.41) is 38.2. The molecule has 22 heteroatoms. The topological polar surface area (TPSA) is 319 Å². The minimum absolute atomic E-state index is 0.0325. The minimum atomic E-state index is -1.30. The van der Waals surface area contributed by atoms with Gasteiger partial charge < -0.3 is 61.7 Å². The summed E-state index contributed by atoms with van der Waals surface area (Å²) < 4.78 is 5.44. The van der Waals surface area contributed by atoms with Crippen LogP contribution in [-0.4, -0.2) is 143 Å². The van der Waals surface area contributed by atoms with E-state index in [1.54, 1.807) is 71.9 Å². The van der Waals surface area contributed by atoms with E-state index in [1.165, 1.54) is 36.9 Å². The molecule has 1 saturated heterocycles. The van der Waals surface area contributed by atoms with Crippen LogP contribution in [0.15, 0.2) is 55.4 Å². The van der Waals surface area contributed by atoms with E-state index in [0.717, 1.165) is 0 Å². The van der Waals surface area contributed by atoms with Crippen LogP contribution in [0.2, 0.25) is 0 Å². The van der Waals surface area contributed by atoms with Crippen molar-refractivity contribution in [3.8, 4) is 0 Å². The third kappa shape index (κ3) is 18.6. The monoisotopic (exact) mass is 1030 g/mol. The first-order chi connectivity index (χ1) is 34.9. The average molecular weight is 1030 g/mol. The molecule has 0 unspecified atom stereocenters. The number of alkyl carbamates (subject to hydrolysis) is 1. The lowest BCUT2D eigenvalue weighted by atomic mass is 9.85. The number of ether oxygens (including phenoxy) is 1. The maximum Gasteiger partial charge on any atom is 0.408 e.